The molecule has 3 aromatic rings. The zero-order valence-electron chi connectivity index (χ0n) is 14.8. The second kappa shape index (κ2) is 8.56. The molecule has 1 amide bonds. The second-order valence-corrected chi connectivity index (χ2v) is 7.56. The van der Waals surface area contributed by atoms with E-state index in [1.165, 1.54) is 17.3 Å². The van der Waals surface area contributed by atoms with Gasteiger partial charge in [-0.05, 0) is 25.0 Å². The van der Waals surface area contributed by atoms with Gasteiger partial charge in [-0.15, -0.1) is 0 Å². The highest BCUT2D eigenvalue weighted by molar-refractivity contribution is 7.99. The minimum atomic E-state index is 0.101. The molecule has 1 aromatic carbocycles. The molecule has 0 saturated carbocycles. The number of fused-ring (bicyclic) bond motifs is 1. The number of rotatable bonds is 7. The van der Waals surface area contributed by atoms with Gasteiger partial charge in [0, 0.05) is 19.3 Å². The lowest BCUT2D eigenvalue weighted by atomic mass is 10.1. The maximum absolute atomic E-state index is 12.7. The predicted octanol–water partition coefficient (Wildman–Crippen LogP) is 4.45. The number of amides is 1. The number of aromatic amines is 1. The average Bonchev–Trinajstić information content (AvgIpc) is 3.03. The Balaban J connectivity index is 1.63. The molecule has 5 nitrogen and oxygen atoms in total. The van der Waals surface area contributed by atoms with Gasteiger partial charge in [0.2, 0.25) is 5.91 Å². The minimum Gasteiger partial charge on any atom is -0.338 e. The molecule has 0 unspecified atom stereocenters. The Bertz CT molecular complexity index is 894. The molecule has 136 valence electrons. The summed E-state index contributed by atoms with van der Waals surface area (Å²) >= 11 is 7.33. The van der Waals surface area contributed by atoms with Crippen molar-refractivity contribution in [1.82, 2.24) is 19.9 Å². The number of thioether (sulfide) groups is 1. The fraction of sp³-hybridized carbons (Fsp3) is 0.316. The van der Waals surface area contributed by atoms with Crippen LogP contribution in [-0.2, 0) is 11.3 Å². The Kier molecular flexibility index (Phi) is 6.16. The quantitative estimate of drug-likeness (QED) is 0.607. The summed E-state index contributed by atoms with van der Waals surface area (Å²) in [5.41, 5.74) is 3.74. The fourth-order valence-electron chi connectivity index (χ4n) is 2.62. The lowest BCUT2D eigenvalue weighted by molar-refractivity contribution is -0.129. The Morgan fingerprint density at radius 1 is 1.31 bits per heavy atom. The van der Waals surface area contributed by atoms with Crippen LogP contribution in [0.3, 0.4) is 0 Å². The van der Waals surface area contributed by atoms with Crippen LogP contribution in [0.5, 0.6) is 0 Å². The summed E-state index contributed by atoms with van der Waals surface area (Å²) in [5, 5.41) is 1.23. The molecule has 0 fully saturated rings. The molecule has 0 aliphatic rings. The van der Waals surface area contributed by atoms with Gasteiger partial charge >= 0.3 is 0 Å². The third-order valence-electron chi connectivity index (χ3n) is 3.95. The molecule has 0 saturated heterocycles. The molecule has 0 aliphatic carbocycles. The first kappa shape index (κ1) is 18.7. The number of halogens is 1. The zero-order chi connectivity index (χ0) is 18.5. The number of aryl methyl sites for hydroxylation is 1. The standard InChI is InChI=1S/C19H21ClN4OS/c1-3-8-24(11-14-6-4-13(2)5-7-14)17(25)12-26-19-22-16-9-15(20)10-21-18(16)23-19/h4-7,9-10H,3,8,11-12H2,1-2H3,(H,21,22,23). The molecule has 1 N–H and O–H groups in total. The van der Waals surface area contributed by atoms with Gasteiger partial charge in [-0.25, -0.2) is 9.97 Å². The SMILES string of the molecule is CCCN(Cc1ccc(C)cc1)C(=O)CSc1nc2ncc(Cl)cc2[nH]1. The van der Waals surface area contributed by atoms with E-state index in [1.54, 1.807) is 12.3 Å². The number of carbonyl (C=O) groups is 1. The van der Waals surface area contributed by atoms with Crippen LogP contribution in [0.15, 0.2) is 41.7 Å². The first-order valence-corrected chi connectivity index (χ1v) is 9.89. The fourth-order valence-corrected chi connectivity index (χ4v) is 3.55. The van der Waals surface area contributed by atoms with Gasteiger partial charge in [0.15, 0.2) is 10.8 Å². The summed E-state index contributed by atoms with van der Waals surface area (Å²) in [4.78, 5) is 26.3. The van der Waals surface area contributed by atoms with Gasteiger partial charge in [0.25, 0.3) is 0 Å². The van der Waals surface area contributed by atoms with Gasteiger partial charge in [0.1, 0.15) is 0 Å². The molecule has 26 heavy (non-hydrogen) atoms. The third kappa shape index (κ3) is 4.77. The van der Waals surface area contributed by atoms with Crippen LogP contribution in [-0.4, -0.2) is 38.1 Å². The Morgan fingerprint density at radius 2 is 2.08 bits per heavy atom. The Morgan fingerprint density at radius 3 is 2.81 bits per heavy atom. The number of hydrogen-bond acceptors (Lipinski definition) is 4. The van der Waals surface area contributed by atoms with Crippen molar-refractivity contribution in [3.63, 3.8) is 0 Å². The van der Waals surface area contributed by atoms with E-state index in [2.05, 4.69) is 53.1 Å². The van der Waals surface area contributed by atoms with Crippen LogP contribution < -0.4 is 0 Å². The Hall–Kier alpha value is -2.05. The van der Waals surface area contributed by atoms with Gasteiger partial charge in [-0.3, -0.25) is 4.79 Å². The van der Waals surface area contributed by atoms with E-state index in [4.69, 9.17) is 11.6 Å². The van der Waals surface area contributed by atoms with E-state index < -0.39 is 0 Å². The minimum absolute atomic E-state index is 0.101. The van der Waals surface area contributed by atoms with Gasteiger partial charge in [-0.1, -0.05) is 60.1 Å². The van der Waals surface area contributed by atoms with Crippen molar-refractivity contribution in [3.8, 4) is 0 Å². The number of benzene rings is 1. The van der Waals surface area contributed by atoms with Crippen LogP contribution in [0.25, 0.3) is 11.2 Å². The predicted molar refractivity (Wildman–Crippen MR) is 107 cm³/mol. The van der Waals surface area contributed by atoms with Crippen molar-refractivity contribution in [3.05, 3.63) is 52.7 Å². The zero-order valence-corrected chi connectivity index (χ0v) is 16.4. The van der Waals surface area contributed by atoms with Crippen molar-refractivity contribution in [1.29, 1.82) is 0 Å². The monoisotopic (exact) mass is 388 g/mol. The van der Waals surface area contributed by atoms with Crippen LogP contribution in [0.4, 0.5) is 0 Å². The number of H-pyrrole nitrogens is 1. The normalized spacial score (nSPS) is 11.0. The number of hydrogen-bond donors (Lipinski definition) is 1. The van der Waals surface area contributed by atoms with Crippen LogP contribution >= 0.6 is 23.4 Å². The first-order chi connectivity index (χ1) is 12.5. The maximum Gasteiger partial charge on any atom is 0.233 e. The highest BCUT2D eigenvalue weighted by Gasteiger charge is 2.15. The van der Waals surface area contributed by atoms with E-state index in [0.717, 1.165) is 24.0 Å². The van der Waals surface area contributed by atoms with Crippen LogP contribution in [0.2, 0.25) is 5.02 Å². The van der Waals surface area contributed by atoms with Crippen LogP contribution in [0.1, 0.15) is 24.5 Å². The summed E-state index contributed by atoms with van der Waals surface area (Å²) in [6, 6.07) is 10.1. The summed E-state index contributed by atoms with van der Waals surface area (Å²) in [6.07, 6.45) is 2.49. The van der Waals surface area contributed by atoms with Crippen molar-refractivity contribution < 1.29 is 4.79 Å². The molecular weight excluding hydrogens is 368 g/mol. The molecule has 0 bridgehead atoms. The highest BCUT2D eigenvalue weighted by atomic mass is 35.5. The van der Waals surface area contributed by atoms with E-state index in [0.29, 0.717) is 28.1 Å². The topological polar surface area (TPSA) is 61.9 Å². The highest BCUT2D eigenvalue weighted by Crippen LogP contribution is 2.21. The molecular formula is C19H21ClN4OS. The molecule has 0 spiro atoms. The summed E-state index contributed by atoms with van der Waals surface area (Å²) < 4.78 is 0. The number of imidazole rings is 1. The Labute approximate surface area is 162 Å². The van der Waals surface area contributed by atoms with Crippen molar-refractivity contribution in [2.45, 2.75) is 32.0 Å². The molecule has 0 radical (unpaired) electrons. The second-order valence-electron chi connectivity index (χ2n) is 6.16. The molecule has 0 aliphatic heterocycles. The molecule has 2 heterocycles. The number of nitrogens with one attached hydrogen (secondary N) is 1. The third-order valence-corrected chi connectivity index (χ3v) is 5.02. The summed E-state index contributed by atoms with van der Waals surface area (Å²) in [6.45, 7) is 5.51. The smallest absolute Gasteiger partial charge is 0.233 e. The van der Waals surface area contributed by atoms with Crippen molar-refractivity contribution in [2.24, 2.45) is 0 Å². The van der Waals surface area contributed by atoms with Crippen molar-refractivity contribution in [2.75, 3.05) is 12.3 Å². The van der Waals surface area contributed by atoms with Crippen molar-refractivity contribution >= 4 is 40.4 Å². The number of pyridine rings is 1. The van der Waals surface area contributed by atoms with Gasteiger partial charge in [0.05, 0.1) is 16.3 Å². The van der Waals surface area contributed by atoms with Crippen LogP contribution in [0, 0.1) is 6.92 Å². The maximum atomic E-state index is 12.7. The summed E-state index contributed by atoms with van der Waals surface area (Å²) in [7, 11) is 0. The lowest BCUT2D eigenvalue weighted by Crippen LogP contribution is -2.32. The largest absolute Gasteiger partial charge is 0.338 e. The molecule has 0 atom stereocenters. The lowest BCUT2D eigenvalue weighted by Gasteiger charge is -2.22. The molecule has 3 rings (SSSR count). The summed E-state index contributed by atoms with van der Waals surface area (Å²) in [5.74, 6) is 0.434. The number of aromatic nitrogens is 3. The number of nitrogens with zero attached hydrogens (tertiary/aromatic N) is 3. The van der Waals surface area contributed by atoms with E-state index in [1.807, 2.05) is 4.90 Å². The molecule has 7 heteroatoms. The number of carbonyl (C=O) groups excluding carboxylic acids is 1. The van der Waals surface area contributed by atoms with E-state index in [-0.39, 0.29) is 5.91 Å². The van der Waals surface area contributed by atoms with E-state index in [9.17, 15) is 4.79 Å². The molecule has 2 aromatic heterocycles. The van der Waals surface area contributed by atoms with E-state index >= 15 is 0 Å². The van der Waals surface area contributed by atoms with Gasteiger partial charge < -0.3 is 9.88 Å². The first-order valence-electron chi connectivity index (χ1n) is 8.52. The van der Waals surface area contributed by atoms with Gasteiger partial charge in [-0.2, -0.15) is 0 Å². The average molecular weight is 389 g/mol.